The van der Waals surface area contributed by atoms with Crippen molar-refractivity contribution in [2.45, 2.75) is 77.2 Å². The van der Waals surface area contributed by atoms with E-state index in [1.807, 2.05) is 30.3 Å². The van der Waals surface area contributed by atoms with Crippen LogP contribution in [-0.2, 0) is 16.1 Å². The van der Waals surface area contributed by atoms with Crippen LogP contribution in [0.4, 0.5) is 8.78 Å². The van der Waals surface area contributed by atoms with E-state index in [-0.39, 0.29) is 24.4 Å². The molecule has 0 bridgehead atoms. The molecule has 0 aliphatic heterocycles. The van der Waals surface area contributed by atoms with Crippen molar-refractivity contribution in [3.8, 4) is 0 Å². The number of carbonyl (C=O) groups excluding carboxylic acids is 1. The largest absolute Gasteiger partial charge is 0.461 e. The quantitative estimate of drug-likeness (QED) is 0.399. The molecule has 0 radical (unpaired) electrons. The molecule has 2 aliphatic rings. The maximum Gasteiger partial charge on any atom is 0.306 e. The van der Waals surface area contributed by atoms with Gasteiger partial charge in [-0.2, -0.15) is 0 Å². The lowest BCUT2D eigenvalue weighted by molar-refractivity contribution is -0.146. The number of hydrogen-bond donors (Lipinski definition) is 0. The average molecular weight is 455 g/mol. The van der Waals surface area contributed by atoms with Crippen molar-refractivity contribution in [2.75, 3.05) is 0 Å². The molecular weight excluding hydrogens is 418 g/mol. The molecule has 4 heteroatoms. The second kappa shape index (κ2) is 11.3. The first-order valence-corrected chi connectivity index (χ1v) is 12.7. The van der Waals surface area contributed by atoms with Gasteiger partial charge in [-0.15, -0.1) is 0 Å². The number of ether oxygens (including phenoxy) is 1. The molecule has 0 N–H and O–H groups in total. The molecule has 33 heavy (non-hydrogen) atoms. The molecule has 4 rings (SSSR count). The zero-order valence-electron chi connectivity index (χ0n) is 19.6. The van der Waals surface area contributed by atoms with Gasteiger partial charge in [0.2, 0.25) is 0 Å². The van der Waals surface area contributed by atoms with Crippen molar-refractivity contribution >= 4 is 5.97 Å². The van der Waals surface area contributed by atoms with Crippen LogP contribution in [-0.4, -0.2) is 5.97 Å². The van der Waals surface area contributed by atoms with Gasteiger partial charge in [0.05, 0.1) is 0 Å². The van der Waals surface area contributed by atoms with Gasteiger partial charge in [0.1, 0.15) is 6.61 Å². The van der Waals surface area contributed by atoms with Crippen LogP contribution in [0.25, 0.3) is 0 Å². The van der Waals surface area contributed by atoms with Gasteiger partial charge in [0, 0.05) is 6.42 Å². The lowest BCUT2D eigenvalue weighted by Gasteiger charge is -2.41. The Morgan fingerprint density at radius 1 is 0.909 bits per heavy atom. The fourth-order valence-electron chi connectivity index (χ4n) is 6.21. The first-order valence-electron chi connectivity index (χ1n) is 12.7. The Morgan fingerprint density at radius 3 is 2.33 bits per heavy atom. The topological polar surface area (TPSA) is 26.3 Å². The highest BCUT2D eigenvalue weighted by atomic mass is 19.2. The molecule has 2 aromatic carbocycles. The van der Waals surface area contributed by atoms with Crippen LogP contribution in [0, 0.1) is 35.3 Å². The highest BCUT2D eigenvalue weighted by Gasteiger charge is 2.37. The summed E-state index contributed by atoms with van der Waals surface area (Å²) in [5, 5.41) is 0. The predicted octanol–water partition coefficient (Wildman–Crippen LogP) is 7.81. The van der Waals surface area contributed by atoms with Crippen LogP contribution in [0.3, 0.4) is 0 Å². The molecule has 2 aromatic rings. The Balaban J connectivity index is 1.44. The maximum atomic E-state index is 14.0. The Morgan fingerprint density at radius 2 is 1.64 bits per heavy atom. The maximum absolute atomic E-state index is 14.0. The third kappa shape index (κ3) is 6.22. The zero-order valence-corrected chi connectivity index (χ0v) is 19.6. The van der Waals surface area contributed by atoms with Crippen LogP contribution in [0.5, 0.6) is 0 Å². The minimum Gasteiger partial charge on any atom is -0.461 e. The zero-order chi connectivity index (χ0) is 23.2. The molecule has 0 aromatic heterocycles. The molecule has 3 unspecified atom stereocenters. The van der Waals surface area contributed by atoms with E-state index in [4.69, 9.17) is 4.74 Å². The van der Waals surface area contributed by atoms with Crippen molar-refractivity contribution in [2.24, 2.45) is 23.7 Å². The molecule has 0 spiro atoms. The van der Waals surface area contributed by atoms with E-state index < -0.39 is 11.6 Å². The van der Waals surface area contributed by atoms with E-state index in [0.717, 1.165) is 42.2 Å². The van der Waals surface area contributed by atoms with Crippen molar-refractivity contribution in [1.29, 1.82) is 0 Å². The Bertz CT molecular complexity index is 905. The number of halogens is 2. The molecular formula is C29H36F2O2. The van der Waals surface area contributed by atoms with Gasteiger partial charge in [-0.05, 0) is 85.0 Å². The predicted molar refractivity (Wildman–Crippen MR) is 127 cm³/mol. The van der Waals surface area contributed by atoms with Gasteiger partial charge < -0.3 is 4.74 Å². The van der Waals surface area contributed by atoms with E-state index in [9.17, 15) is 13.6 Å². The number of rotatable bonds is 7. The molecule has 2 fully saturated rings. The smallest absolute Gasteiger partial charge is 0.306 e. The van der Waals surface area contributed by atoms with Crippen molar-refractivity contribution in [3.63, 3.8) is 0 Å². The third-order valence-electron chi connectivity index (χ3n) is 8.20. The second-order valence-corrected chi connectivity index (χ2v) is 10.2. The number of carbonyl (C=O) groups is 1. The van der Waals surface area contributed by atoms with Gasteiger partial charge in [-0.3, -0.25) is 4.79 Å². The van der Waals surface area contributed by atoms with Crippen LogP contribution >= 0.6 is 0 Å². The minimum absolute atomic E-state index is 0.0626. The molecule has 178 valence electrons. The van der Waals surface area contributed by atoms with E-state index in [0.29, 0.717) is 12.3 Å². The molecule has 2 nitrogen and oxygen atoms in total. The Labute approximate surface area is 196 Å². The molecule has 0 saturated heterocycles. The van der Waals surface area contributed by atoms with Gasteiger partial charge in [0.25, 0.3) is 0 Å². The molecule has 3 atom stereocenters. The van der Waals surface area contributed by atoms with Gasteiger partial charge in [-0.25, -0.2) is 8.78 Å². The van der Waals surface area contributed by atoms with Crippen molar-refractivity contribution < 1.29 is 18.3 Å². The highest BCUT2D eigenvalue weighted by Crippen LogP contribution is 2.48. The van der Waals surface area contributed by atoms with Crippen LogP contribution < -0.4 is 0 Å². The summed E-state index contributed by atoms with van der Waals surface area (Å²) in [6.07, 6.45) is 9.77. The molecule has 2 aliphatic carbocycles. The van der Waals surface area contributed by atoms with Gasteiger partial charge >= 0.3 is 5.97 Å². The van der Waals surface area contributed by atoms with E-state index in [2.05, 4.69) is 6.92 Å². The van der Waals surface area contributed by atoms with E-state index in [1.165, 1.54) is 44.2 Å². The number of hydrogen-bond acceptors (Lipinski definition) is 2. The van der Waals surface area contributed by atoms with E-state index >= 15 is 0 Å². The highest BCUT2D eigenvalue weighted by molar-refractivity contribution is 5.70. The molecule has 0 amide bonds. The van der Waals surface area contributed by atoms with E-state index in [1.54, 1.807) is 6.07 Å². The summed E-state index contributed by atoms with van der Waals surface area (Å²) >= 11 is 0. The lowest BCUT2D eigenvalue weighted by atomic mass is 9.63. The number of benzene rings is 2. The Hall–Kier alpha value is -2.23. The normalized spacial score (nSPS) is 27.8. The summed E-state index contributed by atoms with van der Waals surface area (Å²) in [6.45, 7) is 2.56. The monoisotopic (exact) mass is 454 g/mol. The summed E-state index contributed by atoms with van der Waals surface area (Å²) in [5.74, 6) is 0.526. The summed E-state index contributed by atoms with van der Waals surface area (Å²) in [6, 6.07) is 13.9. The lowest BCUT2D eigenvalue weighted by Crippen LogP contribution is -2.31. The Kier molecular flexibility index (Phi) is 8.16. The van der Waals surface area contributed by atoms with Gasteiger partial charge in [0.15, 0.2) is 11.6 Å². The first-order chi connectivity index (χ1) is 16.0. The standard InChI is InChI=1S/C29H36F2O2/c1-2-20-8-10-22(11-9-20)23-12-14-26(24-13-15-27(30)28(31)17-24)25(16-23)18-29(32)33-19-21-6-4-3-5-7-21/h3-7,13,15,17,20,22-23,25-26H,2,8-12,14,16,18-19H2,1H3. The number of esters is 1. The summed E-state index contributed by atoms with van der Waals surface area (Å²) in [7, 11) is 0. The van der Waals surface area contributed by atoms with Crippen LogP contribution in [0.15, 0.2) is 48.5 Å². The SMILES string of the molecule is CCC1CCC(C2CCC(c3ccc(F)c(F)c3)C(CC(=O)OCc3ccccc3)C2)CC1. The average Bonchev–Trinajstić information content (AvgIpc) is 2.85. The molecule has 2 saturated carbocycles. The van der Waals surface area contributed by atoms with Crippen molar-refractivity contribution in [3.05, 3.63) is 71.3 Å². The fourth-order valence-corrected chi connectivity index (χ4v) is 6.21. The van der Waals surface area contributed by atoms with Gasteiger partial charge in [-0.1, -0.05) is 62.6 Å². The third-order valence-corrected chi connectivity index (χ3v) is 8.20. The first kappa shape index (κ1) is 23.9. The van der Waals surface area contributed by atoms with Crippen LogP contribution in [0.2, 0.25) is 0 Å². The summed E-state index contributed by atoms with van der Waals surface area (Å²) in [5.41, 5.74) is 1.78. The minimum atomic E-state index is -0.820. The van der Waals surface area contributed by atoms with Crippen LogP contribution in [0.1, 0.15) is 81.8 Å². The van der Waals surface area contributed by atoms with Crippen molar-refractivity contribution in [1.82, 2.24) is 0 Å². The fraction of sp³-hybridized carbons (Fsp3) is 0.552. The summed E-state index contributed by atoms with van der Waals surface area (Å²) in [4.78, 5) is 12.8. The molecule has 0 heterocycles. The summed E-state index contributed by atoms with van der Waals surface area (Å²) < 4.78 is 33.1. The second-order valence-electron chi connectivity index (χ2n) is 10.2.